The molecule has 0 amide bonds. The van der Waals surface area contributed by atoms with E-state index in [1.54, 1.807) is 0 Å². The van der Waals surface area contributed by atoms with Crippen molar-refractivity contribution in [1.82, 2.24) is 36.2 Å². The fourth-order valence-electron chi connectivity index (χ4n) is 17.8. The fourth-order valence-corrected chi connectivity index (χ4v) is 17.8. The van der Waals surface area contributed by atoms with Crippen LogP contribution < -0.4 is 36.0 Å². The van der Waals surface area contributed by atoms with Crippen molar-refractivity contribution in [2.45, 2.75) is 450 Å². The van der Waals surface area contributed by atoms with Crippen LogP contribution in [-0.2, 0) is 0 Å². The lowest BCUT2D eigenvalue weighted by Crippen LogP contribution is -2.68. The Morgan fingerprint density at radius 3 is 0.612 bits per heavy atom. The second-order valence-corrected chi connectivity index (χ2v) is 34.5. The summed E-state index contributed by atoms with van der Waals surface area (Å²) in [5, 5.41) is 16.3. The van der Waals surface area contributed by atoms with E-state index < -0.39 is 0 Å². The maximum atomic E-state index is 6.08. The van der Waals surface area contributed by atoms with E-state index in [9.17, 15) is 0 Å². The van der Waals surface area contributed by atoms with E-state index in [-0.39, 0.29) is 68.5 Å². The van der Waals surface area contributed by atoms with Gasteiger partial charge in [0.15, 0.2) is 0 Å². The molecule has 0 spiro atoms. The number of hydrogen-bond donors (Lipinski definition) is 4. The molecule has 0 unspecified atom stereocenters. The zero-order valence-corrected chi connectivity index (χ0v) is 60.2. The van der Waals surface area contributed by atoms with E-state index in [2.05, 4.69) is 161 Å². The average molecular weight is 1190 g/mol. The predicted molar refractivity (Wildman–Crippen MR) is 373 cm³/mol. The van der Waals surface area contributed by atoms with Crippen molar-refractivity contribution >= 4 is 17.8 Å². The Kier molecular flexibility index (Phi) is 30.1. The number of anilines is 3. The molecule has 10 nitrogen and oxygen atoms in total. The summed E-state index contributed by atoms with van der Waals surface area (Å²) in [6.07, 6.45) is 52.6. The highest BCUT2D eigenvalue weighted by molar-refractivity contribution is 5.50. The summed E-state index contributed by atoms with van der Waals surface area (Å²) in [7, 11) is 0. The minimum absolute atomic E-state index is 0.0433. The van der Waals surface area contributed by atoms with Gasteiger partial charge in [-0.1, -0.05) is 206 Å². The van der Waals surface area contributed by atoms with Crippen LogP contribution in [0.4, 0.5) is 17.8 Å². The second kappa shape index (κ2) is 34.6. The molecular weight excluding hydrogens is 1040 g/mol. The molecule has 0 saturated carbocycles. The average Bonchev–Trinajstić information content (AvgIpc) is 2.21. The van der Waals surface area contributed by atoms with Crippen LogP contribution in [0.2, 0.25) is 0 Å². The molecule has 1 aromatic heterocycles. The monoisotopic (exact) mass is 1190 g/mol. The van der Waals surface area contributed by atoms with Gasteiger partial charge in [0.1, 0.15) is 0 Å². The van der Waals surface area contributed by atoms with Crippen molar-refractivity contribution in [2.24, 2.45) is 0 Å². The largest absolute Gasteiger partial charge is 0.341 e. The maximum Gasteiger partial charge on any atom is 0.232 e. The zero-order valence-electron chi connectivity index (χ0n) is 60.2. The van der Waals surface area contributed by atoms with Crippen LogP contribution in [0.3, 0.4) is 0 Å². The van der Waals surface area contributed by atoms with Gasteiger partial charge in [-0.25, -0.2) is 0 Å². The van der Waals surface area contributed by atoms with E-state index in [0.29, 0.717) is 0 Å². The third-order valence-corrected chi connectivity index (χ3v) is 20.2. The first kappa shape index (κ1) is 74.0. The van der Waals surface area contributed by atoms with Gasteiger partial charge in [-0.2, -0.15) is 15.0 Å². The molecule has 85 heavy (non-hydrogen) atoms. The minimum atomic E-state index is -0.0433. The molecule has 496 valence electrons. The third-order valence-electron chi connectivity index (χ3n) is 20.2. The van der Waals surface area contributed by atoms with E-state index >= 15 is 0 Å². The Bertz CT molecular complexity index is 1710. The van der Waals surface area contributed by atoms with Crippen LogP contribution in [-0.4, -0.2) is 96.5 Å². The van der Waals surface area contributed by atoms with E-state index in [1.807, 2.05) is 0 Å². The number of piperidine rings is 4. The van der Waals surface area contributed by atoms with Crippen molar-refractivity contribution in [2.75, 3.05) is 27.8 Å². The lowest BCUT2D eigenvalue weighted by molar-refractivity contribution is 0.122. The highest BCUT2D eigenvalue weighted by atomic mass is 15.4. The SMILES string of the molecule is CCCCCCCCCCCCCCCCCCN(CCCCCCCCCCCCCCCCCC)c1nc(N(C2CC(C)(C)NC(C)(C)C2)C2CC(C)(C)NC(C)(C)C2)nc(N(C2CC(C)(C)NC(C)(C)C2)C2CC(C)(C)NC(C)(C)C2)n1. The molecule has 5 rings (SSSR count). The van der Waals surface area contributed by atoms with Gasteiger partial charge in [0, 0.05) is 81.6 Å². The number of aromatic nitrogens is 3. The van der Waals surface area contributed by atoms with Gasteiger partial charge in [0.05, 0.1) is 0 Å². The van der Waals surface area contributed by atoms with Crippen molar-refractivity contribution in [3.05, 3.63) is 0 Å². The highest BCUT2D eigenvalue weighted by Gasteiger charge is 2.50. The molecule has 4 fully saturated rings. The lowest BCUT2D eigenvalue weighted by Gasteiger charge is -2.56. The molecule has 10 heteroatoms. The molecule has 0 bridgehead atoms. The summed E-state index contributed by atoms with van der Waals surface area (Å²) in [6.45, 7) is 45.5. The number of hydrogen-bond acceptors (Lipinski definition) is 10. The van der Waals surface area contributed by atoms with Crippen molar-refractivity contribution in [3.63, 3.8) is 0 Å². The molecular formula is C75H146N10. The second-order valence-electron chi connectivity index (χ2n) is 34.5. The summed E-state index contributed by atoms with van der Waals surface area (Å²) in [6, 6.07) is 1.06. The van der Waals surface area contributed by atoms with Crippen LogP contribution >= 0.6 is 0 Å². The Hall–Kier alpha value is -1.75. The Morgan fingerprint density at radius 1 is 0.259 bits per heavy atom. The normalized spacial score (nSPS) is 22.0. The van der Waals surface area contributed by atoms with Crippen LogP contribution in [0.15, 0.2) is 0 Å². The Labute approximate surface area is 529 Å². The summed E-state index contributed by atoms with van der Waals surface area (Å²) in [5.74, 6) is 2.77. The van der Waals surface area contributed by atoms with Crippen molar-refractivity contribution in [1.29, 1.82) is 0 Å². The van der Waals surface area contributed by atoms with Gasteiger partial charge >= 0.3 is 0 Å². The number of nitrogens with one attached hydrogen (secondary N) is 4. The summed E-state index contributed by atoms with van der Waals surface area (Å²) in [5.41, 5.74) is -0.346. The van der Waals surface area contributed by atoms with Crippen LogP contribution in [0.25, 0.3) is 0 Å². The number of unbranched alkanes of at least 4 members (excludes halogenated alkanes) is 30. The molecule has 0 aromatic carbocycles. The topological polar surface area (TPSA) is 96.5 Å². The molecule has 4 aliphatic heterocycles. The van der Waals surface area contributed by atoms with Gasteiger partial charge in [-0.3, -0.25) is 0 Å². The minimum Gasteiger partial charge on any atom is -0.341 e. The van der Waals surface area contributed by atoms with Gasteiger partial charge in [-0.05, 0) is 175 Å². The molecule has 4 saturated heterocycles. The smallest absolute Gasteiger partial charge is 0.232 e. The molecule has 5 heterocycles. The van der Waals surface area contributed by atoms with Crippen molar-refractivity contribution in [3.8, 4) is 0 Å². The summed E-state index contributed by atoms with van der Waals surface area (Å²) < 4.78 is 0. The molecule has 4 aliphatic rings. The standard InChI is InChI=1S/C75H146N10/c1-19-21-23-25-27-29-31-33-35-37-39-41-43-45-47-49-51-83(52-50-48-46-44-42-40-38-36-34-32-30-28-26-24-22-20-2)65-76-66(84(61-53-68(3,4)79-69(5,6)54-61)62-55-70(7,8)80-71(9,10)56-62)78-67(77-65)85(63-57-72(11,12)81-73(13,14)58-63)64-59-74(15,16)82-75(17,18)60-64/h61-64,79-82H,19-60H2,1-18H3. The summed E-state index contributed by atoms with van der Waals surface area (Å²) in [4.78, 5) is 26.4. The quantitative estimate of drug-likeness (QED) is 0.0475. The highest BCUT2D eigenvalue weighted by Crippen LogP contribution is 2.44. The molecule has 1 aromatic rings. The van der Waals surface area contributed by atoms with Crippen molar-refractivity contribution < 1.29 is 0 Å². The van der Waals surface area contributed by atoms with Crippen LogP contribution in [0, 0.1) is 0 Å². The first-order valence-corrected chi connectivity index (χ1v) is 37.2. The third kappa shape index (κ3) is 27.7. The van der Waals surface area contributed by atoms with Gasteiger partial charge in [0.25, 0.3) is 0 Å². The summed E-state index contributed by atoms with van der Waals surface area (Å²) >= 11 is 0. The van der Waals surface area contributed by atoms with E-state index in [1.165, 1.54) is 205 Å². The Balaban J connectivity index is 1.48. The molecule has 0 aliphatic carbocycles. The first-order chi connectivity index (χ1) is 39.9. The number of rotatable bonds is 41. The van der Waals surface area contributed by atoms with Crippen LogP contribution in [0.5, 0.6) is 0 Å². The van der Waals surface area contributed by atoms with Gasteiger partial charge in [-0.15, -0.1) is 0 Å². The Morgan fingerprint density at radius 2 is 0.424 bits per heavy atom. The van der Waals surface area contributed by atoms with Gasteiger partial charge < -0.3 is 36.0 Å². The lowest BCUT2D eigenvalue weighted by atomic mass is 9.75. The predicted octanol–water partition coefficient (Wildman–Crippen LogP) is 20.1. The fraction of sp³-hybridized carbons (Fsp3) is 0.960. The number of nitrogens with zero attached hydrogens (tertiary/aromatic N) is 6. The molecule has 0 atom stereocenters. The van der Waals surface area contributed by atoms with Gasteiger partial charge in [0.2, 0.25) is 17.8 Å². The molecule has 4 N–H and O–H groups in total. The van der Waals surface area contributed by atoms with Crippen LogP contribution in [0.1, 0.15) is 381 Å². The maximum absolute atomic E-state index is 6.08. The van der Waals surface area contributed by atoms with E-state index in [0.717, 1.165) is 82.3 Å². The molecule has 0 radical (unpaired) electrons. The van der Waals surface area contributed by atoms with E-state index in [4.69, 9.17) is 15.0 Å². The zero-order chi connectivity index (χ0) is 62.4. The first-order valence-electron chi connectivity index (χ1n) is 37.2.